The predicted molar refractivity (Wildman–Crippen MR) is 125 cm³/mol. The van der Waals surface area contributed by atoms with E-state index in [2.05, 4.69) is 43.7 Å². The number of aromatic nitrogens is 5. The lowest BCUT2D eigenvalue weighted by atomic mass is 9.73. The fourth-order valence-electron chi connectivity index (χ4n) is 5.51. The van der Waals surface area contributed by atoms with Crippen LogP contribution in [-0.4, -0.2) is 57.6 Å². The summed E-state index contributed by atoms with van der Waals surface area (Å²) in [4.78, 5) is 7.39. The van der Waals surface area contributed by atoms with E-state index in [1.165, 1.54) is 25.7 Å². The zero-order valence-electron chi connectivity index (χ0n) is 18.5. The number of piperidine rings is 2. The van der Waals surface area contributed by atoms with E-state index in [-0.39, 0.29) is 0 Å². The van der Waals surface area contributed by atoms with Gasteiger partial charge in [0.05, 0.1) is 29.9 Å². The summed E-state index contributed by atoms with van der Waals surface area (Å²) in [7, 11) is 0. The zero-order chi connectivity index (χ0) is 21.5. The van der Waals surface area contributed by atoms with Crippen molar-refractivity contribution in [3.8, 4) is 16.9 Å². The van der Waals surface area contributed by atoms with Crippen LogP contribution in [0.3, 0.4) is 0 Å². The molecule has 6 rings (SSSR count). The summed E-state index contributed by atoms with van der Waals surface area (Å²) in [5.41, 5.74) is 4.33. The number of pyridine rings is 2. The van der Waals surface area contributed by atoms with Crippen LogP contribution in [0, 0.1) is 5.41 Å². The Morgan fingerprint density at radius 1 is 1.16 bits per heavy atom. The van der Waals surface area contributed by atoms with E-state index in [0.717, 1.165) is 65.4 Å². The third kappa shape index (κ3) is 3.30. The molecular weight excluding hydrogens is 402 g/mol. The number of hydrogen-bond donors (Lipinski definition) is 2. The molecule has 2 aliphatic rings. The molecule has 4 aromatic rings. The van der Waals surface area contributed by atoms with Crippen molar-refractivity contribution in [3.05, 3.63) is 36.8 Å². The third-order valence-electron chi connectivity index (χ3n) is 7.12. The van der Waals surface area contributed by atoms with E-state index in [4.69, 9.17) is 9.72 Å². The van der Waals surface area contributed by atoms with Gasteiger partial charge in [0.15, 0.2) is 5.65 Å². The summed E-state index contributed by atoms with van der Waals surface area (Å²) in [5.74, 6) is 1.87. The lowest BCUT2D eigenvalue weighted by molar-refractivity contribution is 0.166. The third-order valence-corrected chi connectivity index (χ3v) is 7.12. The number of hydrogen-bond acceptors (Lipinski definition) is 6. The summed E-state index contributed by atoms with van der Waals surface area (Å²) in [6.07, 6.45) is 10.9. The van der Waals surface area contributed by atoms with Crippen LogP contribution in [0.5, 0.6) is 5.75 Å². The molecule has 1 spiro atoms. The Hall–Kier alpha value is -3.13. The van der Waals surface area contributed by atoms with Gasteiger partial charge < -0.3 is 15.0 Å². The van der Waals surface area contributed by atoms with E-state index in [1.807, 2.05) is 30.0 Å². The number of rotatable bonds is 4. The Balaban J connectivity index is 1.35. The van der Waals surface area contributed by atoms with Crippen molar-refractivity contribution in [2.75, 3.05) is 37.7 Å². The first-order valence-corrected chi connectivity index (χ1v) is 11.7. The highest BCUT2D eigenvalue weighted by Crippen LogP contribution is 2.39. The topological polar surface area (TPSA) is 83.4 Å². The summed E-state index contributed by atoms with van der Waals surface area (Å²) >= 11 is 0. The largest absolute Gasteiger partial charge is 0.492 e. The maximum Gasteiger partial charge on any atom is 0.178 e. The number of fused-ring (bicyclic) bond motifs is 3. The molecule has 32 heavy (non-hydrogen) atoms. The molecule has 0 bridgehead atoms. The SMILES string of the molecule is CCOc1cc(-c2ccc(N3CCCC4(CCNCC4)C3)nc2)c2c3cn[nH]c3nn2c1. The van der Waals surface area contributed by atoms with Gasteiger partial charge in [-0.15, -0.1) is 5.10 Å². The van der Waals surface area contributed by atoms with Crippen LogP contribution < -0.4 is 15.0 Å². The molecule has 2 N–H and O–H groups in total. The normalized spacial score (nSPS) is 18.6. The second-order valence-electron chi connectivity index (χ2n) is 9.13. The lowest BCUT2D eigenvalue weighted by Crippen LogP contribution is -2.48. The van der Waals surface area contributed by atoms with Gasteiger partial charge in [-0.3, -0.25) is 5.10 Å². The lowest BCUT2D eigenvalue weighted by Gasteiger charge is -2.45. The van der Waals surface area contributed by atoms with Crippen molar-refractivity contribution in [2.45, 2.75) is 32.6 Å². The molecule has 6 heterocycles. The van der Waals surface area contributed by atoms with Crippen LogP contribution in [0.1, 0.15) is 32.6 Å². The van der Waals surface area contributed by atoms with Crippen LogP contribution in [0.2, 0.25) is 0 Å². The molecule has 0 aliphatic carbocycles. The number of nitrogens with zero attached hydrogens (tertiary/aromatic N) is 5. The minimum absolute atomic E-state index is 0.451. The van der Waals surface area contributed by atoms with E-state index >= 15 is 0 Å². The summed E-state index contributed by atoms with van der Waals surface area (Å²) in [5, 5.41) is 16.3. The van der Waals surface area contributed by atoms with Crippen LogP contribution in [0.4, 0.5) is 5.82 Å². The molecule has 8 nitrogen and oxygen atoms in total. The predicted octanol–water partition coefficient (Wildman–Crippen LogP) is 3.64. The van der Waals surface area contributed by atoms with Crippen molar-refractivity contribution in [2.24, 2.45) is 5.41 Å². The molecule has 0 aromatic carbocycles. The minimum Gasteiger partial charge on any atom is -0.492 e. The average molecular weight is 432 g/mol. The standard InChI is InChI=1S/C24H29N7O/c1-2-32-18-12-19(22-20-14-27-28-23(20)29-31(22)15-18)17-4-5-21(26-13-17)30-11-3-6-24(16-30)7-9-25-10-8-24/h4-5,12-15,25H,2-3,6-11,16H2,1H3,(H,28,29). The second kappa shape index (κ2) is 7.78. The van der Waals surface area contributed by atoms with E-state index in [0.29, 0.717) is 12.0 Å². The molecule has 2 aliphatic heterocycles. The zero-order valence-corrected chi connectivity index (χ0v) is 18.5. The first kappa shape index (κ1) is 19.5. The Morgan fingerprint density at radius 3 is 2.88 bits per heavy atom. The van der Waals surface area contributed by atoms with Gasteiger partial charge >= 0.3 is 0 Å². The van der Waals surface area contributed by atoms with Crippen LogP contribution in [0.25, 0.3) is 27.7 Å². The van der Waals surface area contributed by atoms with Gasteiger partial charge in [-0.25, -0.2) is 9.50 Å². The maximum atomic E-state index is 5.81. The monoisotopic (exact) mass is 431 g/mol. The van der Waals surface area contributed by atoms with Crippen molar-refractivity contribution in [1.29, 1.82) is 0 Å². The summed E-state index contributed by atoms with van der Waals surface area (Å²) in [6.45, 7) is 7.08. The van der Waals surface area contributed by atoms with Gasteiger partial charge in [-0.2, -0.15) is 5.10 Å². The molecule has 0 unspecified atom stereocenters. The van der Waals surface area contributed by atoms with Crippen LogP contribution in [-0.2, 0) is 0 Å². The molecule has 4 aromatic heterocycles. The highest BCUT2D eigenvalue weighted by atomic mass is 16.5. The van der Waals surface area contributed by atoms with Crippen molar-refractivity contribution >= 4 is 22.4 Å². The van der Waals surface area contributed by atoms with E-state index in [9.17, 15) is 0 Å². The summed E-state index contributed by atoms with van der Waals surface area (Å²) < 4.78 is 7.69. The van der Waals surface area contributed by atoms with Crippen LogP contribution >= 0.6 is 0 Å². The molecule has 0 saturated carbocycles. The van der Waals surface area contributed by atoms with Gasteiger partial charge in [0.25, 0.3) is 0 Å². The Kier molecular flexibility index (Phi) is 4.75. The Labute approximate surface area is 187 Å². The van der Waals surface area contributed by atoms with Gasteiger partial charge in [0, 0.05) is 30.4 Å². The van der Waals surface area contributed by atoms with Gasteiger partial charge in [0.1, 0.15) is 11.6 Å². The van der Waals surface area contributed by atoms with Gasteiger partial charge in [0.2, 0.25) is 0 Å². The van der Waals surface area contributed by atoms with Gasteiger partial charge in [-0.05, 0) is 69.3 Å². The smallest absolute Gasteiger partial charge is 0.178 e. The quantitative estimate of drug-likeness (QED) is 0.513. The molecular formula is C24H29N7O. The van der Waals surface area contributed by atoms with Crippen molar-refractivity contribution in [3.63, 3.8) is 0 Å². The first-order chi connectivity index (χ1) is 15.7. The fourth-order valence-corrected chi connectivity index (χ4v) is 5.51. The molecule has 0 amide bonds. The maximum absolute atomic E-state index is 5.81. The molecule has 0 radical (unpaired) electrons. The van der Waals surface area contributed by atoms with E-state index in [1.54, 1.807) is 0 Å². The molecule has 0 atom stereocenters. The minimum atomic E-state index is 0.451. The average Bonchev–Trinajstić information content (AvgIpc) is 3.41. The number of ether oxygens (including phenoxy) is 1. The number of nitrogens with one attached hydrogen (secondary N) is 2. The number of H-pyrrole nitrogens is 1. The molecule has 8 heteroatoms. The Morgan fingerprint density at radius 2 is 2.06 bits per heavy atom. The molecule has 2 saturated heterocycles. The highest BCUT2D eigenvalue weighted by molar-refractivity contribution is 6.00. The van der Waals surface area contributed by atoms with Crippen molar-refractivity contribution < 1.29 is 4.74 Å². The number of anilines is 1. The second-order valence-corrected chi connectivity index (χ2v) is 9.13. The highest BCUT2D eigenvalue weighted by Gasteiger charge is 2.36. The Bertz CT molecular complexity index is 1230. The van der Waals surface area contributed by atoms with E-state index < -0.39 is 0 Å². The number of aromatic amines is 1. The fraction of sp³-hybridized carbons (Fsp3) is 0.458. The molecule has 2 fully saturated rings. The van der Waals surface area contributed by atoms with Gasteiger partial charge in [-0.1, -0.05) is 0 Å². The molecule has 166 valence electrons. The first-order valence-electron chi connectivity index (χ1n) is 11.7. The summed E-state index contributed by atoms with van der Waals surface area (Å²) in [6, 6.07) is 6.42. The van der Waals surface area contributed by atoms with Crippen LogP contribution in [0.15, 0.2) is 36.8 Å². The van der Waals surface area contributed by atoms with Crippen molar-refractivity contribution in [1.82, 2.24) is 30.1 Å².